The van der Waals surface area contributed by atoms with Gasteiger partial charge in [-0.05, 0) is 12.8 Å². The highest BCUT2D eigenvalue weighted by molar-refractivity contribution is 5.66. The largest absolute Gasteiger partial charge is 0.454 e. The van der Waals surface area contributed by atoms with Gasteiger partial charge in [-0.2, -0.15) is 0 Å². The number of aliphatic hydroxyl groups excluding tert-OH is 2. The second kappa shape index (κ2) is 4.89. The molecule has 2 aliphatic heterocycles. The minimum atomic E-state index is -1.18. The zero-order valence-electron chi connectivity index (χ0n) is 9.80. The van der Waals surface area contributed by atoms with Gasteiger partial charge in [0.15, 0.2) is 6.10 Å². The summed E-state index contributed by atoms with van der Waals surface area (Å²) in [5.74, 6) is -1.62. The molecule has 2 heterocycles. The Morgan fingerprint density at radius 3 is 2.71 bits per heavy atom. The molecule has 1 spiro atoms. The first-order valence-corrected chi connectivity index (χ1v) is 5.86. The van der Waals surface area contributed by atoms with E-state index in [1.54, 1.807) is 0 Å². The molecule has 6 nitrogen and oxygen atoms in total. The van der Waals surface area contributed by atoms with Crippen LogP contribution in [0.4, 0.5) is 0 Å². The quantitative estimate of drug-likeness (QED) is 0.610. The van der Waals surface area contributed by atoms with Crippen molar-refractivity contribution in [3.05, 3.63) is 0 Å². The van der Waals surface area contributed by atoms with Crippen LogP contribution in [0.25, 0.3) is 0 Å². The Morgan fingerprint density at radius 1 is 1.35 bits per heavy atom. The summed E-state index contributed by atoms with van der Waals surface area (Å²) in [7, 11) is 0. The van der Waals surface area contributed by atoms with Gasteiger partial charge in [0.05, 0.1) is 13.2 Å². The maximum atomic E-state index is 11.1. The summed E-state index contributed by atoms with van der Waals surface area (Å²) in [5, 5.41) is 19.5. The minimum absolute atomic E-state index is 0.0149. The van der Waals surface area contributed by atoms with Gasteiger partial charge in [-0.3, -0.25) is 4.79 Å². The highest BCUT2D eigenvalue weighted by atomic mass is 16.7. The van der Waals surface area contributed by atoms with Gasteiger partial charge in [0, 0.05) is 13.3 Å². The molecule has 0 aromatic heterocycles. The van der Waals surface area contributed by atoms with Crippen molar-refractivity contribution in [3.63, 3.8) is 0 Å². The van der Waals surface area contributed by atoms with E-state index in [2.05, 4.69) is 0 Å². The molecule has 0 radical (unpaired) electrons. The number of carbonyl (C=O) groups is 1. The van der Waals surface area contributed by atoms with Crippen molar-refractivity contribution in [1.29, 1.82) is 0 Å². The van der Waals surface area contributed by atoms with E-state index in [1.807, 2.05) is 0 Å². The fourth-order valence-electron chi connectivity index (χ4n) is 2.34. The van der Waals surface area contributed by atoms with Gasteiger partial charge in [0.2, 0.25) is 5.79 Å². The van der Waals surface area contributed by atoms with Crippen molar-refractivity contribution in [2.24, 2.45) is 0 Å². The summed E-state index contributed by atoms with van der Waals surface area (Å²) in [5.41, 5.74) is 0. The van der Waals surface area contributed by atoms with E-state index in [4.69, 9.17) is 14.2 Å². The molecule has 6 heteroatoms. The normalized spacial score (nSPS) is 42.4. The smallest absolute Gasteiger partial charge is 0.303 e. The van der Waals surface area contributed by atoms with Crippen LogP contribution in [0, 0.1) is 0 Å². The molecule has 2 saturated heterocycles. The molecular weight excluding hydrogens is 228 g/mol. The lowest BCUT2D eigenvalue weighted by molar-refractivity contribution is -0.350. The highest BCUT2D eigenvalue weighted by Crippen LogP contribution is 2.37. The molecule has 0 aromatic carbocycles. The van der Waals surface area contributed by atoms with Crippen LogP contribution < -0.4 is 0 Å². The molecule has 4 atom stereocenters. The van der Waals surface area contributed by atoms with Crippen molar-refractivity contribution in [2.75, 3.05) is 13.2 Å². The Labute approximate surface area is 99.5 Å². The van der Waals surface area contributed by atoms with E-state index >= 15 is 0 Å². The number of hydrogen-bond acceptors (Lipinski definition) is 6. The van der Waals surface area contributed by atoms with Gasteiger partial charge in [0.25, 0.3) is 0 Å². The zero-order valence-corrected chi connectivity index (χ0v) is 9.80. The lowest BCUT2D eigenvalue weighted by atomic mass is 9.91. The third-order valence-corrected chi connectivity index (χ3v) is 3.20. The molecule has 2 rings (SSSR count). The summed E-state index contributed by atoms with van der Waals surface area (Å²) < 4.78 is 16.1. The lowest BCUT2D eigenvalue weighted by Crippen LogP contribution is -2.64. The van der Waals surface area contributed by atoms with Crippen LogP contribution >= 0.6 is 0 Å². The Bertz CT molecular complexity index is 286. The topological polar surface area (TPSA) is 85.2 Å². The summed E-state index contributed by atoms with van der Waals surface area (Å²) >= 11 is 0. The maximum absolute atomic E-state index is 11.1. The van der Waals surface area contributed by atoms with Crippen LogP contribution in [0.15, 0.2) is 0 Å². The number of ether oxygens (including phenoxy) is 3. The second-order valence-corrected chi connectivity index (χ2v) is 4.52. The molecule has 4 unspecified atom stereocenters. The van der Waals surface area contributed by atoms with Gasteiger partial charge in [-0.15, -0.1) is 0 Å². The highest BCUT2D eigenvalue weighted by Gasteiger charge is 2.54. The van der Waals surface area contributed by atoms with E-state index < -0.39 is 30.1 Å². The van der Waals surface area contributed by atoms with E-state index in [1.165, 1.54) is 6.92 Å². The predicted molar refractivity (Wildman–Crippen MR) is 56.1 cm³/mol. The number of hydrogen-bond donors (Lipinski definition) is 2. The number of rotatable bonds is 1. The molecule has 2 N–H and O–H groups in total. The van der Waals surface area contributed by atoms with E-state index in [0.717, 1.165) is 12.8 Å². The van der Waals surface area contributed by atoms with Crippen LogP contribution in [-0.2, 0) is 19.0 Å². The van der Waals surface area contributed by atoms with E-state index in [0.29, 0.717) is 13.0 Å². The lowest BCUT2D eigenvalue weighted by Gasteiger charge is -2.47. The average molecular weight is 246 g/mol. The summed E-state index contributed by atoms with van der Waals surface area (Å²) in [6, 6.07) is 0. The Morgan fingerprint density at radius 2 is 2.12 bits per heavy atom. The van der Waals surface area contributed by atoms with E-state index in [-0.39, 0.29) is 6.61 Å². The molecule has 0 aliphatic carbocycles. The molecule has 0 aromatic rings. The molecule has 2 aliphatic rings. The van der Waals surface area contributed by atoms with Crippen molar-refractivity contribution < 1.29 is 29.2 Å². The fourth-order valence-corrected chi connectivity index (χ4v) is 2.34. The SMILES string of the molecule is CC(=O)OC1C(O)C(O)COC12CCCCO2. The van der Waals surface area contributed by atoms with Gasteiger partial charge in [0.1, 0.15) is 12.2 Å². The van der Waals surface area contributed by atoms with Crippen molar-refractivity contribution in [1.82, 2.24) is 0 Å². The van der Waals surface area contributed by atoms with Gasteiger partial charge >= 0.3 is 5.97 Å². The van der Waals surface area contributed by atoms with Crippen LogP contribution in [0.5, 0.6) is 0 Å². The second-order valence-electron chi connectivity index (χ2n) is 4.52. The third-order valence-electron chi connectivity index (χ3n) is 3.20. The van der Waals surface area contributed by atoms with Crippen LogP contribution in [0.2, 0.25) is 0 Å². The van der Waals surface area contributed by atoms with Gasteiger partial charge in [-0.25, -0.2) is 0 Å². The molecule has 17 heavy (non-hydrogen) atoms. The summed E-state index contributed by atoms with van der Waals surface area (Å²) in [4.78, 5) is 11.1. The monoisotopic (exact) mass is 246 g/mol. The summed E-state index contributed by atoms with van der Waals surface area (Å²) in [6.45, 7) is 1.74. The average Bonchev–Trinajstić information content (AvgIpc) is 2.31. The first-order valence-electron chi connectivity index (χ1n) is 5.86. The summed E-state index contributed by atoms with van der Waals surface area (Å²) in [6.07, 6.45) is -0.864. The van der Waals surface area contributed by atoms with E-state index in [9.17, 15) is 15.0 Å². The molecular formula is C11H18O6. The Kier molecular flexibility index (Phi) is 3.67. The molecule has 0 saturated carbocycles. The Balaban J connectivity index is 2.19. The maximum Gasteiger partial charge on any atom is 0.303 e. The Hall–Kier alpha value is -0.690. The van der Waals surface area contributed by atoms with Crippen LogP contribution in [0.1, 0.15) is 26.2 Å². The molecule has 2 fully saturated rings. The molecule has 0 amide bonds. The first-order chi connectivity index (χ1) is 8.05. The third kappa shape index (κ3) is 2.44. The number of carbonyl (C=O) groups excluding carboxylic acids is 1. The standard InChI is InChI=1S/C11H18O6/c1-7(12)17-10-9(14)8(13)6-16-11(10)4-2-3-5-15-11/h8-10,13-14H,2-6H2,1H3. The number of aliphatic hydroxyl groups is 2. The van der Waals surface area contributed by atoms with Crippen LogP contribution in [-0.4, -0.2) is 53.5 Å². The van der Waals surface area contributed by atoms with Crippen molar-refractivity contribution >= 4 is 5.97 Å². The molecule has 98 valence electrons. The number of esters is 1. The zero-order chi connectivity index (χ0) is 12.5. The predicted octanol–water partition coefficient (Wildman–Crippen LogP) is -0.433. The van der Waals surface area contributed by atoms with Crippen molar-refractivity contribution in [2.45, 2.75) is 50.3 Å². The first kappa shape index (κ1) is 12.8. The van der Waals surface area contributed by atoms with Crippen molar-refractivity contribution in [3.8, 4) is 0 Å². The van der Waals surface area contributed by atoms with Gasteiger partial charge < -0.3 is 24.4 Å². The molecule has 0 bridgehead atoms. The minimum Gasteiger partial charge on any atom is -0.454 e. The van der Waals surface area contributed by atoms with Gasteiger partial charge in [-0.1, -0.05) is 0 Å². The fraction of sp³-hybridized carbons (Fsp3) is 0.909. The van der Waals surface area contributed by atoms with Crippen LogP contribution in [0.3, 0.4) is 0 Å².